The first kappa shape index (κ1) is 14.6. The molecule has 7 heteroatoms. The maximum atomic E-state index is 13.4. The third-order valence-electron chi connectivity index (χ3n) is 3.14. The van der Waals surface area contributed by atoms with E-state index in [9.17, 15) is 9.18 Å². The first-order valence-electron chi connectivity index (χ1n) is 6.27. The fourth-order valence-corrected chi connectivity index (χ4v) is 2.64. The van der Waals surface area contributed by atoms with Crippen LogP contribution in [0.2, 0.25) is 5.02 Å². The number of carbonyl (C=O) groups is 1. The van der Waals surface area contributed by atoms with Crippen LogP contribution in [0, 0.1) is 11.2 Å². The summed E-state index contributed by atoms with van der Waals surface area (Å²) in [5, 5.41) is 8.51. The first-order chi connectivity index (χ1) is 10.5. The number of benzene rings is 2. The predicted molar refractivity (Wildman–Crippen MR) is 88.5 cm³/mol. The molecule has 0 spiro atoms. The Morgan fingerprint density at radius 1 is 1.05 bits per heavy atom. The molecule has 0 unspecified atom stereocenters. The van der Waals surface area contributed by atoms with E-state index in [1.165, 1.54) is 18.2 Å². The third-order valence-corrected chi connectivity index (χ3v) is 3.76. The molecule has 1 aliphatic heterocycles. The molecule has 22 heavy (non-hydrogen) atoms. The summed E-state index contributed by atoms with van der Waals surface area (Å²) in [5.41, 5.74) is 0.716. The summed E-state index contributed by atoms with van der Waals surface area (Å²) in [7, 11) is 0. The molecular formula is C15H9ClFN3OS. The summed E-state index contributed by atoms with van der Waals surface area (Å²) >= 11 is 11.1. The largest absolute Gasteiger partial charge is 0.340 e. The molecular weight excluding hydrogens is 325 g/mol. The summed E-state index contributed by atoms with van der Waals surface area (Å²) in [4.78, 5) is 14.9. The van der Waals surface area contributed by atoms with Gasteiger partial charge in [-0.1, -0.05) is 36.0 Å². The molecule has 2 aromatic carbocycles. The average Bonchev–Trinajstić information content (AvgIpc) is 2.69. The predicted octanol–water partition coefficient (Wildman–Crippen LogP) is 4.23. The highest BCUT2D eigenvalue weighted by atomic mass is 35.5. The van der Waals surface area contributed by atoms with Crippen LogP contribution in [0.15, 0.2) is 48.5 Å². The lowest BCUT2D eigenvalue weighted by atomic mass is 10.3. The SMILES string of the molecule is N=C1C(=S)N(c2cccc(F)c2)C(=O)N1c1cccc(Cl)c1. The number of amides is 2. The lowest BCUT2D eigenvalue weighted by Crippen LogP contribution is -2.33. The van der Waals surface area contributed by atoms with Crippen LogP contribution in [-0.2, 0) is 0 Å². The molecule has 0 aromatic heterocycles. The number of thiocarbonyl (C=S) groups is 1. The van der Waals surface area contributed by atoms with E-state index < -0.39 is 11.8 Å². The van der Waals surface area contributed by atoms with Gasteiger partial charge >= 0.3 is 6.03 Å². The number of hydrogen-bond acceptors (Lipinski definition) is 3. The third kappa shape index (κ3) is 2.36. The van der Waals surface area contributed by atoms with E-state index in [2.05, 4.69) is 0 Å². The van der Waals surface area contributed by atoms with Crippen LogP contribution in [0.4, 0.5) is 20.6 Å². The molecule has 2 amide bonds. The molecule has 1 aliphatic rings. The van der Waals surface area contributed by atoms with Crippen molar-refractivity contribution in [1.29, 1.82) is 5.41 Å². The van der Waals surface area contributed by atoms with Crippen LogP contribution >= 0.6 is 23.8 Å². The summed E-state index contributed by atoms with van der Waals surface area (Å²) < 4.78 is 13.4. The van der Waals surface area contributed by atoms with Crippen molar-refractivity contribution in [1.82, 2.24) is 0 Å². The number of amidine groups is 1. The monoisotopic (exact) mass is 333 g/mol. The van der Waals surface area contributed by atoms with E-state index in [0.717, 1.165) is 9.80 Å². The highest BCUT2D eigenvalue weighted by molar-refractivity contribution is 7.82. The normalized spacial score (nSPS) is 14.9. The van der Waals surface area contributed by atoms with Gasteiger partial charge in [-0.2, -0.15) is 0 Å². The van der Waals surface area contributed by atoms with E-state index in [1.54, 1.807) is 30.3 Å². The molecule has 0 saturated carbocycles. The van der Waals surface area contributed by atoms with Gasteiger partial charge in [0.25, 0.3) is 0 Å². The number of nitrogens with one attached hydrogen (secondary N) is 1. The summed E-state index contributed by atoms with van der Waals surface area (Å²) in [5.74, 6) is -0.632. The summed E-state index contributed by atoms with van der Waals surface area (Å²) in [6.07, 6.45) is 0. The molecule has 0 aliphatic carbocycles. The summed E-state index contributed by atoms with van der Waals surface area (Å²) in [6, 6.07) is 11.5. The van der Waals surface area contributed by atoms with Gasteiger partial charge in [-0.3, -0.25) is 5.41 Å². The minimum atomic E-state index is -0.539. The van der Waals surface area contributed by atoms with Crippen molar-refractivity contribution < 1.29 is 9.18 Å². The van der Waals surface area contributed by atoms with Gasteiger partial charge in [-0.15, -0.1) is 0 Å². The molecule has 0 radical (unpaired) electrons. The van der Waals surface area contributed by atoms with Gasteiger partial charge in [0.1, 0.15) is 5.82 Å². The Balaban J connectivity index is 2.05. The Morgan fingerprint density at radius 3 is 2.32 bits per heavy atom. The van der Waals surface area contributed by atoms with Crippen LogP contribution < -0.4 is 9.80 Å². The van der Waals surface area contributed by atoms with E-state index in [1.807, 2.05) is 0 Å². The van der Waals surface area contributed by atoms with E-state index in [0.29, 0.717) is 10.7 Å². The smallest absolute Gasteiger partial charge is 0.281 e. The standard InChI is InChI=1S/C15H9ClFN3OS/c16-9-3-1-5-11(7-9)19-13(18)14(22)20(15(19)21)12-6-2-4-10(17)8-12/h1-8,18H. The van der Waals surface area contributed by atoms with Gasteiger partial charge in [-0.25, -0.2) is 19.0 Å². The van der Waals surface area contributed by atoms with Gasteiger partial charge in [0.15, 0.2) is 10.8 Å². The zero-order valence-electron chi connectivity index (χ0n) is 11.1. The molecule has 1 fully saturated rings. The van der Waals surface area contributed by atoms with Gasteiger partial charge in [0.2, 0.25) is 0 Å². The Morgan fingerprint density at radius 2 is 1.68 bits per heavy atom. The number of hydrogen-bond donors (Lipinski definition) is 1. The fourth-order valence-electron chi connectivity index (χ4n) is 2.18. The number of anilines is 2. The number of urea groups is 1. The van der Waals surface area contributed by atoms with Crippen molar-refractivity contribution in [3.05, 3.63) is 59.4 Å². The maximum Gasteiger partial charge on any atom is 0.340 e. The van der Waals surface area contributed by atoms with Crippen LogP contribution in [0.1, 0.15) is 0 Å². The molecule has 0 atom stereocenters. The number of halogens is 2. The lowest BCUT2D eigenvalue weighted by Gasteiger charge is -2.17. The van der Waals surface area contributed by atoms with E-state index in [-0.39, 0.29) is 16.5 Å². The zero-order valence-corrected chi connectivity index (χ0v) is 12.7. The minimum Gasteiger partial charge on any atom is -0.281 e. The second-order valence-electron chi connectivity index (χ2n) is 4.57. The molecule has 110 valence electrons. The Bertz CT molecular complexity index is 745. The lowest BCUT2D eigenvalue weighted by molar-refractivity contribution is 0.257. The fraction of sp³-hybridized carbons (Fsp3) is 0. The number of carbonyl (C=O) groups excluding carboxylic acids is 1. The van der Waals surface area contributed by atoms with Crippen LogP contribution in [0.25, 0.3) is 0 Å². The minimum absolute atomic E-state index is 0.00979. The zero-order chi connectivity index (χ0) is 15.9. The van der Waals surface area contributed by atoms with Crippen LogP contribution in [0.3, 0.4) is 0 Å². The second kappa shape index (κ2) is 5.47. The average molecular weight is 334 g/mol. The number of nitrogens with zero attached hydrogens (tertiary/aromatic N) is 2. The molecule has 1 heterocycles. The Hall–Kier alpha value is -2.31. The van der Waals surface area contributed by atoms with E-state index in [4.69, 9.17) is 29.2 Å². The quantitative estimate of drug-likeness (QED) is 0.836. The Kier molecular flexibility index (Phi) is 3.64. The number of rotatable bonds is 2. The van der Waals surface area contributed by atoms with Crippen LogP contribution in [0.5, 0.6) is 0 Å². The van der Waals surface area contributed by atoms with E-state index >= 15 is 0 Å². The van der Waals surface area contributed by atoms with Gasteiger partial charge < -0.3 is 0 Å². The first-order valence-corrected chi connectivity index (χ1v) is 7.06. The van der Waals surface area contributed by atoms with Crippen LogP contribution in [-0.4, -0.2) is 16.9 Å². The topological polar surface area (TPSA) is 47.4 Å². The molecule has 1 N–H and O–H groups in total. The Labute approximate surface area is 136 Å². The molecule has 1 saturated heterocycles. The maximum absolute atomic E-state index is 13.4. The van der Waals surface area contributed by atoms with Crippen molar-refractivity contribution in [2.75, 3.05) is 9.80 Å². The van der Waals surface area contributed by atoms with Crippen molar-refractivity contribution >= 4 is 52.0 Å². The van der Waals surface area contributed by atoms with Gasteiger partial charge in [0.05, 0.1) is 11.4 Å². The van der Waals surface area contributed by atoms with Crippen molar-refractivity contribution in [3.8, 4) is 0 Å². The van der Waals surface area contributed by atoms with Gasteiger partial charge in [-0.05, 0) is 36.4 Å². The summed E-state index contributed by atoms with van der Waals surface area (Å²) in [6.45, 7) is 0. The molecule has 4 nitrogen and oxygen atoms in total. The van der Waals surface area contributed by atoms with Crippen molar-refractivity contribution in [2.24, 2.45) is 0 Å². The molecule has 2 aromatic rings. The highest BCUT2D eigenvalue weighted by Gasteiger charge is 2.40. The molecule has 3 rings (SSSR count). The van der Waals surface area contributed by atoms with Crippen molar-refractivity contribution in [2.45, 2.75) is 0 Å². The highest BCUT2D eigenvalue weighted by Crippen LogP contribution is 2.29. The molecule has 0 bridgehead atoms. The van der Waals surface area contributed by atoms with Gasteiger partial charge in [0, 0.05) is 5.02 Å². The van der Waals surface area contributed by atoms with Crippen molar-refractivity contribution in [3.63, 3.8) is 0 Å². The second-order valence-corrected chi connectivity index (χ2v) is 5.39.